The molecular formula is C4H13NO6S3. The van der Waals surface area contributed by atoms with E-state index in [4.69, 9.17) is 0 Å². The molecule has 0 rings (SSSR count). The Morgan fingerprint density at radius 1 is 0.643 bits per heavy atom. The lowest BCUT2D eigenvalue weighted by atomic mass is 12.0. The molecule has 0 aliphatic heterocycles. The molecular weight excluding hydrogens is 254 g/mol. The first-order chi connectivity index (χ1) is 5.37. The molecule has 0 N–H and O–H groups in total. The summed E-state index contributed by atoms with van der Waals surface area (Å²) in [6, 6.07) is 0. The van der Waals surface area contributed by atoms with Gasteiger partial charge < -0.3 is 0 Å². The molecule has 0 aromatic rings. The minimum absolute atomic E-state index is 0. The van der Waals surface area contributed by atoms with Crippen LogP contribution in [0, 0.1) is 0 Å². The van der Waals surface area contributed by atoms with Gasteiger partial charge >= 0.3 is 0 Å². The number of nitrogens with zero attached hydrogens (tertiary/aromatic N) is 1. The van der Waals surface area contributed by atoms with Gasteiger partial charge in [0.2, 0.25) is 30.1 Å². The largest absolute Gasteiger partial charge is 0.237 e. The van der Waals surface area contributed by atoms with E-state index >= 15 is 0 Å². The van der Waals surface area contributed by atoms with E-state index in [1.165, 1.54) is 0 Å². The van der Waals surface area contributed by atoms with Crippen LogP contribution in [0.4, 0.5) is 0 Å². The Morgan fingerprint density at radius 2 is 0.786 bits per heavy atom. The Bertz CT molecular complexity index is 407. The van der Waals surface area contributed by atoms with Crippen LogP contribution in [0.5, 0.6) is 0 Å². The van der Waals surface area contributed by atoms with E-state index in [9.17, 15) is 25.3 Å². The fourth-order valence-corrected chi connectivity index (χ4v) is 6.64. The zero-order chi connectivity index (χ0) is 11.1. The normalized spacial score (nSPS) is 13.7. The van der Waals surface area contributed by atoms with Crippen molar-refractivity contribution in [2.75, 3.05) is 18.8 Å². The van der Waals surface area contributed by atoms with Gasteiger partial charge in [-0.1, -0.05) is 7.43 Å². The first-order valence-electron chi connectivity index (χ1n) is 2.77. The second kappa shape index (κ2) is 4.13. The molecule has 7 nitrogen and oxygen atoms in total. The van der Waals surface area contributed by atoms with E-state index in [1.54, 1.807) is 0 Å². The Balaban J connectivity index is 0. The monoisotopic (exact) mass is 267 g/mol. The summed E-state index contributed by atoms with van der Waals surface area (Å²) in [6.45, 7) is 0. The molecule has 0 spiro atoms. The zero-order valence-corrected chi connectivity index (χ0v) is 9.57. The van der Waals surface area contributed by atoms with Gasteiger partial charge in [-0.05, 0) is 0 Å². The predicted molar refractivity (Wildman–Crippen MR) is 53.1 cm³/mol. The van der Waals surface area contributed by atoms with E-state index in [0.717, 1.165) is 0 Å². The molecule has 0 amide bonds. The molecule has 0 aromatic carbocycles. The molecule has 0 atom stereocenters. The van der Waals surface area contributed by atoms with E-state index < -0.39 is 33.2 Å². The summed E-state index contributed by atoms with van der Waals surface area (Å²) in [4.78, 5) is 0. The van der Waals surface area contributed by atoms with E-state index in [2.05, 4.69) is 0 Å². The van der Waals surface area contributed by atoms with Gasteiger partial charge in [0.25, 0.3) is 0 Å². The molecule has 88 valence electrons. The molecule has 0 radical (unpaired) electrons. The van der Waals surface area contributed by atoms with Gasteiger partial charge in [0.1, 0.15) is 0 Å². The van der Waals surface area contributed by atoms with Gasteiger partial charge in [0.05, 0.1) is 18.8 Å². The van der Waals surface area contributed by atoms with Crippen LogP contribution in [0.2, 0.25) is 0 Å². The van der Waals surface area contributed by atoms with Gasteiger partial charge in [-0.15, -0.1) is 0 Å². The number of rotatable bonds is 3. The third kappa shape index (κ3) is 4.35. The molecule has 0 saturated carbocycles. The molecule has 0 bridgehead atoms. The summed E-state index contributed by atoms with van der Waals surface area (Å²) in [6.07, 6.45) is 1.49. The molecule has 0 saturated heterocycles. The second-order valence-electron chi connectivity index (χ2n) is 2.42. The SMILES string of the molecule is C.CS(=O)(=O)N(S(C)(=O)=O)S(C)(=O)=O. The summed E-state index contributed by atoms with van der Waals surface area (Å²) in [5, 5.41) is 0. The van der Waals surface area contributed by atoms with Crippen LogP contribution in [0.1, 0.15) is 7.43 Å². The van der Waals surface area contributed by atoms with Crippen molar-refractivity contribution in [3.8, 4) is 0 Å². The molecule has 0 aliphatic carbocycles. The highest BCUT2D eigenvalue weighted by atomic mass is 32.3. The highest BCUT2D eigenvalue weighted by Gasteiger charge is 2.36. The minimum atomic E-state index is -4.32. The van der Waals surface area contributed by atoms with Crippen LogP contribution in [-0.4, -0.2) is 47.1 Å². The highest BCUT2D eigenvalue weighted by Crippen LogP contribution is 2.10. The van der Waals surface area contributed by atoms with E-state index in [1.807, 2.05) is 0 Å². The van der Waals surface area contributed by atoms with Crippen LogP contribution in [0.15, 0.2) is 0 Å². The van der Waals surface area contributed by atoms with Crippen LogP contribution < -0.4 is 0 Å². The van der Waals surface area contributed by atoms with Crippen molar-refractivity contribution < 1.29 is 25.3 Å². The first-order valence-corrected chi connectivity index (χ1v) is 8.32. The minimum Gasteiger partial charge on any atom is -0.211 e. The molecule has 0 aliphatic rings. The fourth-order valence-electron chi connectivity index (χ4n) is 0.738. The maximum Gasteiger partial charge on any atom is 0.237 e. The van der Waals surface area contributed by atoms with Crippen molar-refractivity contribution in [2.24, 2.45) is 0 Å². The summed E-state index contributed by atoms with van der Waals surface area (Å²) >= 11 is 0. The third-order valence-electron chi connectivity index (χ3n) is 0.812. The van der Waals surface area contributed by atoms with Crippen molar-refractivity contribution in [1.82, 2.24) is 3.12 Å². The lowest BCUT2D eigenvalue weighted by Gasteiger charge is -2.13. The molecule has 0 heterocycles. The van der Waals surface area contributed by atoms with Crippen molar-refractivity contribution in [2.45, 2.75) is 7.43 Å². The van der Waals surface area contributed by atoms with Crippen LogP contribution >= 0.6 is 0 Å². The maximum absolute atomic E-state index is 10.8. The fraction of sp³-hybridized carbons (Fsp3) is 1.00. The lowest BCUT2D eigenvalue weighted by Crippen LogP contribution is -2.39. The van der Waals surface area contributed by atoms with E-state index in [-0.39, 0.29) is 7.43 Å². The predicted octanol–water partition coefficient (Wildman–Crippen LogP) is -1.20. The Labute approximate surface area is 84.9 Å². The summed E-state index contributed by atoms with van der Waals surface area (Å²) < 4.78 is 64.2. The average molecular weight is 267 g/mol. The molecule has 0 aromatic heterocycles. The molecule has 0 unspecified atom stereocenters. The Morgan fingerprint density at radius 3 is 0.786 bits per heavy atom. The molecule has 14 heavy (non-hydrogen) atoms. The Kier molecular flexibility index (Phi) is 4.79. The van der Waals surface area contributed by atoms with Crippen LogP contribution in [0.25, 0.3) is 0 Å². The molecule has 10 heteroatoms. The second-order valence-corrected chi connectivity index (χ2v) is 8.61. The van der Waals surface area contributed by atoms with E-state index in [0.29, 0.717) is 18.8 Å². The lowest BCUT2D eigenvalue weighted by molar-refractivity contribution is 0.538. The van der Waals surface area contributed by atoms with Gasteiger partial charge in [-0.25, -0.2) is 25.3 Å². The average Bonchev–Trinajstić information content (AvgIpc) is 1.44. The number of hydrogen-bond acceptors (Lipinski definition) is 6. The van der Waals surface area contributed by atoms with Crippen LogP contribution in [-0.2, 0) is 30.1 Å². The zero-order valence-electron chi connectivity index (χ0n) is 7.12. The van der Waals surface area contributed by atoms with Crippen LogP contribution in [0.3, 0.4) is 0 Å². The number of sulfonamides is 3. The smallest absolute Gasteiger partial charge is 0.211 e. The van der Waals surface area contributed by atoms with Crippen molar-refractivity contribution in [3.63, 3.8) is 0 Å². The third-order valence-corrected chi connectivity index (χ3v) is 7.31. The summed E-state index contributed by atoms with van der Waals surface area (Å²) in [7, 11) is -13.0. The van der Waals surface area contributed by atoms with Gasteiger partial charge in [-0.3, -0.25) is 0 Å². The first kappa shape index (κ1) is 16.2. The highest BCUT2D eigenvalue weighted by molar-refractivity contribution is 8.16. The summed E-state index contributed by atoms with van der Waals surface area (Å²) in [5.41, 5.74) is 0. The van der Waals surface area contributed by atoms with Gasteiger partial charge in [0.15, 0.2) is 0 Å². The standard InChI is InChI=1S/C3H9NO6S3.CH4/c1-11(5,6)4(12(2,7)8)13(3,9)10;/h1-3H3;1H4. The topological polar surface area (TPSA) is 106 Å². The summed E-state index contributed by atoms with van der Waals surface area (Å²) in [5.74, 6) is 0. The molecule has 0 fully saturated rings. The Hall–Kier alpha value is -0.190. The number of hydrogen-bond donors (Lipinski definition) is 0. The van der Waals surface area contributed by atoms with Gasteiger partial charge in [0, 0.05) is 3.12 Å². The maximum atomic E-state index is 10.8. The quantitative estimate of drug-likeness (QED) is 0.636. The van der Waals surface area contributed by atoms with Crippen molar-refractivity contribution in [3.05, 3.63) is 0 Å². The van der Waals surface area contributed by atoms with Gasteiger partial charge in [-0.2, -0.15) is 0 Å². The van der Waals surface area contributed by atoms with Crippen molar-refractivity contribution >= 4 is 30.1 Å². The van der Waals surface area contributed by atoms with Crippen molar-refractivity contribution in [1.29, 1.82) is 0 Å².